The quantitative estimate of drug-likeness (QED) is 0.374. The molecule has 0 aliphatic heterocycles. The van der Waals surface area contributed by atoms with E-state index < -0.39 is 0 Å². The van der Waals surface area contributed by atoms with Crippen LogP contribution in [-0.4, -0.2) is 21.1 Å². The highest BCUT2D eigenvalue weighted by molar-refractivity contribution is 9.10. The normalized spacial score (nSPS) is 12.8. The Bertz CT molecular complexity index is 981. The van der Waals surface area contributed by atoms with Crippen molar-refractivity contribution in [2.24, 2.45) is 5.16 Å². The van der Waals surface area contributed by atoms with Crippen molar-refractivity contribution in [1.82, 2.24) is 10.2 Å². The van der Waals surface area contributed by atoms with Gasteiger partial charge in [0.25, 0.3) is 5.56 Å². The maximum Gasteiger partial charge on any atom is 0.273 e. The molecule has 0 aliphatic carbocycles. The number of hydrogen-bond acceptors (Lipinski definition) is 4. The molecule has 1 atom stereocenters. The van der Waals surface area contributed by atoms with E-state index in [2.05, 4.69) is 50.3 Å². The minimum atomic E-state index is -0.375. The van der Waals surface area contributed by atoms with Crippen LogP contribution in [0, 0.1) is 6.92 Å². The van der Waals surface area contributed by atoms with E-state index in [1.165, 1.54) is 6.20 Å². The smallest absolute Gasteiger partial charge is 0.273 e. The third-order valence-corrected chi connectivity index (χ3v) is 4.92. The summed E-state index contributed by atoms with van der Waals surface area (Å²) in [5.74, 6) is -0.0530. The average Bonchev–Trinajstić information content (AvgIpc) is 2.65. The summed E-state index contributed by atoms with van der Waals surface area (Å²) in [6, 6.07) is 17.7. The van der Waals surface area contributed by atoms with E-state index in [1.807, 2.05) is 36.4 Å². The van der Waals surface area contributed by atoms with Gasteiger partial charge >= 0.3 is 0 Å². The number of nitrogens with one attached hydrogen (secondary N) is 1. The van der Waals surface area contributed by atoms with Crippen molar-refractivity contribution in [3.8, 4) is 0 Å². The summed E-state index contributed by atoms with van der Waals surface area (Å²) in [5, 5.41) is 19.1. The fourth-order valence-corrected chi connectivity index (χ4v) is 3.31. The monoisotopic (exact) mass is 411 g/mol. The number of H-pyrrole nitrogens is 1. The zero-order valence-electron chi connectivity index (χ0n) is 14.2. The van der Waals surface area contributed by atoms with Crippen molar-refractivity contribution in [2.75, 3.05) is 0 Å². The van der Waals surface area contributed by atoms with E-state index >= 15 is 0 Å². The van der Waals surface area contributed by atoms with Crippen molar-refractivity contribution >= 4 is 21.6 Å². The van der Waals surface area contributed by atoms with Gasteiger partial charge in [-0.1, -0.05) is 57.5 Å². The molecule has 2 aromatic carbocycles. The molecule has 2 N–H and O–H groups in total. The molecule has 0 radical (unpaired) electrons. The van der Waals surface area contributed by atoms with Crippen LogP contribution < -0.4 is 5.56 Å². The van der Waals surface area contributed by atoms with Crippen LogP contribution in [0.5, 0.6) is 0 Å². The van der Waals surface area contributed by atoms with Gasteiger partial charge < -0.3 is 5.21 Å². The second-order valence-corrected chi connectivity index (χ2v) is 6.93. The van der Waals surface area contributed by atoms with Gasteiger partial charge in [0.2, 0.25) is 0 Å². The van der Waals surface area contributed by atoms with Gasteiger partial charge in [-0.2, -0.15) is 5.10 Å². The Morgan fingerprint density at radius 3 is 2.58 bits per heavy atom. The standard InChI is InChI=1S/C20H18BrN3O2/c1-13-4-2-3-5-16(13)18(14-6-8-15(21)9-7-14)12-19(24-26)17-10-11-22-23-20(17)25/h2-11,18,26H,12H2,1H3,(H,23,25). The molecule has 1 heterocycles. The Hall–Kier alpha value is -2.73. The Balaban J connectivity index is 2.06. The zero-order chi connectivity index (χ0) is 18.5. The van der Waals surface area contributed by atoms with Crippen LogP contribution in [0.25, 0.3) is 0 Å². The number of oxime groups is 1. The number of rotatable bonds is 5. The molecule has 3 aromatic rings. The van der Waals surface area contributed by atoms with Crippen molar-refractivity contribution in [3.63, 3.8) is 0 Å². The van der Waals surface area contributed by atoms with Gasteiger partial charge in [0.15, 0.2) is 0 Å². The summed E-state index contributed by atoms with van der Waals surface area (Å²) in [7, 11) is 0. The Kier molecular flexibility index (Phi) is 5.63. The molecule has 26 heavy (non-hydrogen) atoms. The van der Waals surface area contributed by atoms with Gasteiger partial charge in [0.1, 0.15) is 0 Å². The molecule has 1 unspecified atom stereocenters. The molecule has 3 rings (SSSR count). The molecule has 0 saturated heterocycles. The number of hydrogen-bond donors (Lipinski definition) is 2. The van der Waals surface area contributed by atoms with E-state index in [-0.39, 0.29) is 11.5 Å². The SMILES string of the molecule is Cc1ccccc1C(CC(=NO)c1ccn[nH]c1=O)c1ccc(Br)cc1. The minimum Gasteiger partial charge on any atom is -0.411 e. The fourth-order valence-electron chi connectivity index (χ4n) is 3.05. The molecule has 0 fully saturated rings. The van der Waals surface area contributed by atoms with Crippen LogP contribution in [0.3, 0.4) is 0 Å². The summed E-state index contributed by atoms with van der Waals surface area (Å²) >= 11 is 3.46. The summed E-state index contributed by atoms with van der Waals surface area (Å²) < 4.78 is 0.992. The predicted octanol–water partition coefficient (Wildman–Crippen LogP) is 4.24. The molecule has 1 aromatic heterocycles. The molecule has 0 spiro atoms. The van der Waals surface area contributed by atoms with Crippen LogP contribution in [0.4, 0.5) is 0 Å². The highest BCUT2D eigenvalue weighted by Crippen LogP contribution is 2.32. The molecule has 0 aliphatic rings. The third-order valence-electron chi connectivity index (χ3n) is 4.39. The first kappa shape index (κ1) is 18.1. The molecule has 0 bridgehead atoms. The Morgan fingerprint density at radius 2 is 1.92 bits per heavy atom. The first-order valence-electron chi connectivity index (χ1n) is 8.16. The van der Waals surface area contributed by atoms with Crippen molar-refractivity contribution in [3.05, 3.63) is 97.9 Å². The molecule has 0 amide bonds. The summed E-state index contributed by atoms with van der Waals surface area (Å²) in [5.41, 5.74) is 3.61. The lowest BCUT2D eigenvalue weighted by Gasteiger charge is -2.20. The molecule has 0 saturated carbocycles. The topological polar surface area (TPSA) is 78.3 Å². The lowest BCUT2D eigenvalue weighted by molar-refractivity contribution is 0.317. The lowest BCUT2D eigenvalue weighted by atomic mass is 9.84. The van der Waals surface area contributed by atoms with Gasteiger partial charge in [0.05, 0.1) is 11.3 Å². The number of aryl methyl sites for hydroxylation is 1. The van der Waals surface area contributed by atoms with Gasteiger partial charge in [-0.3, -0.25) is 4.79 Å². The predicted molar refractivity (Wildman–Crippen MR) is 105 cm³/mol. The van der Waals surface area contributed by atoms with Gasteiger partial charge in [-0.05, 0) is 41.8 Å². The summed E-state index contributed by atoms with van der Waals surface area (Å²) in [4.78, 5) is 12.1. The van der Waals surface area contributed by atoms with Crippen molar-refractivity contribution in [1.29, 1.82) is 0 Å². The van der Waals surface area contributed by atoms with E-state index in [0.717, 1.165) is 21.2 Å². The second-order valence-electron chi connectivity index (χ2n) is 6.01. The van der Waals surface area contributed by atoms with Gasteiger partial charge in [0, 0.05) is 23.0 Å². The number of aromatic amines is 1. The van der Waals surface area contributed by atoms with E-state index in [0.29, 0.717) is 17.7 Å². The Morgan fingerprint density at radius 1 is 1.19 bits per heavy atom. The van der Waals surface area contributed by atoms with Crippen LogP contribution in [-0.2, 0) is 0 Å². The van der Waals surface area contributed by atoms with Crippen LogP contribution in [0.2, 0.25) is 0 Å². The fraction of sp³-hybridized carbons (Fsp3) is 0.150. The average molecular weight is 412 g/mol. The number of nitrogens with zero attached hydrogens (tertiary/aromatic N) is 2. The van der Waals surface area contributed by atoms with Crippen LogP contribution in [0.1, 0.15) is 34.6 Å². The summed E-state index contributed by atoms with van der Waals surface area (Å²) in [6.07, 6.45) is 1.86. The van der Waals surface area contributed by atoms with E-state index in [1.54, 1.807) is 6.07 Å². The highest BCUT2D eigenvalue weighted by Gasteiger charge is 2.21. The largest absolute Gasteiger partial charge is 0.411 e. The van der Waals surface area contributed by atoms with Gasteiger partial charge in [-0.25, -0.2) is 5.10 Å². The first-order valence-corrected chi connectivity index (χ1v) is 8.95. The molecular formula is C20H18BrN3O2. The van der Waals surface area contributed by atoms with Crippen LogP contribution in [0.15, 0.2) is 75.2 Å². The third kappa shape index (κ3) is 3.91. The van der Waals surface area contributed by atoms with E-state index in [4.69, 9.17) is 0 Å². The summed E-state index contributed by atoms with van der Waals surface area (Å²) in [6.45, 7) is 2.05. The molecule has 6 heteroatoms. The second kappa shape index (κ2) is 8.10. The molecule has 5 nitrogen and oxygen atoms in total. The zero-order valence-corrected chi connectivity index (χ0v) is 15.8. The van der Waals surface area contributed by atoms with Crippen molar-refractivity contribution < 1.29 is 5.21 Å². The number of aromatic nitrogens is 2. The first-order chi connectivity index (χ1) is 12.6. The van der Waals surface area contributed by atoms with Gasteiger partial charge in [-0.15, -0.1) is 0 Å². The number of halogens is 1. The van der Waals surface area contributed by atoms with E-state index in [9.17, 15) is 10.0 Å². The Labute approximate surface area is 159 Å². The minimum absolute atomic E-state index is 0.0530. The maximum absolute atomic E-state index is 12.1. The molecular weight excluding hydrogens is 394 g/mol. The molecule has 132 valence electrons. The number of benzene rings is 2. The maximum atomic E-state index is 12.1. The van der Waals surface area contributed by atoms with Crippen LogP contribution >= 0.6 is 15.9 Å². The highest BCUT2D eigenvalue weighted by atomic mass is 79.9. The van der Waals surface area contributed by atoms with Crippen molar-refractivity contribution in [2.45, 2.75) is 19.3 Å². The lowest BCUT2D eigenvalue weighted by Crippen LogP contribution is -2.21.